The first-order valence-corrected chi connectivity index (χ1v) is 5.59. The number of halogens is 2. The van der Waals surface area contributed by atoms with Gasteiger partial charge in [0.25, 0.3) is 17.6 Å². The van der Waals surface area contributed by atoms with Gasteiger partial charge in [-0.05, 0) is 12.1 Å². The van der Waals surface area contributed by atoms with E-state index in [2.05, 4.69) is 15.5 Å². The summed E-state index contributed by atoms with van der Waals surface area (Å²) in [5.41, 5.74) is 6.37. The number of nitrogens with two attached hydrogens (primary N) is 1. The van der Waals surface area contributed by atoms with E-state index in [1.165, 1.54) is 19.2 Å². The Morgan fingerprint density at radius 2 is 2.00 bits per heavy atom. The average Bonchev–Trinajstić information content (AvgIpc) is 2.84. The van der Waals surface area contributed by atoms with Crippen molar-refractivity contribution in [3.05, 3.63) is 28.0 Å². The number of rotatable bonds is 2. The topological polar surface area (TPSA) is 94.0 Å². The fourth-order valence-corrected chi connectivity index (χ4v) is 1.74. The lowest BCUT2D eigenvalue weighted by molar-refractivity contribution is 0.0950. The summed E-state index contributed by atoms with van der Waals surface area (Å²) >= 11 is 11.8. The van der Waals surface area contributed by atoms with Crippen LogP contribution in [0.15, 0.2) is 16.7 Å². The van der Waals surface area contributed by atoms with Crippen molar-refractivity contribution < 1.29 is 9.32 Å². The van der Waals surface area contributed by atoms with E-state index in [9.17, 15) is 4.79 Å². The Morgan fingerprint density at radius 1 is 1.39 bits per heavy atom. The minimum absolute atomic E-state index is 0.0726. The molecule has 94 valence electrons. The number of nitrogen functional groups attached to an aromatic ring is 1. The molecule has 0 spiro atoms. The Labute approximate surface area is 112 Å². The van der Waals surface area contributed by atoms with E-state index in [4.69, 9.17) is 33.5 Å². The number of amides is 1. The maximum Gasteiger partial charge on any atom is 0.292 e. The highest BCUT2D eigenvalue weighted by atomic mass is 35.5. The molecular formula is C10H8Cl2N4O2. The first-order chi connectivity index (χ1) is 8.52. The molecular weight excluding hydrogens is 279 g/mol. The number of nitrogens with one attached hydrogen (secondary N) is 1. The Hall–Kier alpha value is -1.79. The summed E-state index contributed by atoms with van der Waals surface area (Å²) in [4.78, 5) is 15.2. The quantitative estimate of drug-likeness (QED) is 0.824. The molecule has 0 aliphatic carbocycles. The van der Waals surface area contributed by atoms with Gasteiger partial charge < -0.3 is 15.6 Å². The molecule has 1 heterocycles. The van der Waals surface area contributed by atoms with Crippen LogP contribution in [0.5, 0.6) is 0 Å². The molecule has 1 amide bonds. The second kappa shape index (κ2) is 4.83. The van der Waals surface area contributed by atoms with Gasteiger partial charge in [0.1, 0.15) is 0 Å². The SMILES string of the molecule is CNC(=O)c1noc(-c2cc(Cl)c(N)c(Cl)c2)n1. The van der Waals surface area contributed by atoms with Gasteiger partial charge in [-0.15, -0.1) is 0 Å². The zero-order chi connectivity index (χ0) is 13.3. The van der Waals surface area contributed by atoms with E-state index in [1.807, 2.05) is 0 Å². The highest BCUT2D eigenvalue weighted by Crippen LogP contribution is 2.32. The van der Waals surface area contributed by atoms with Crippen LogP contribution < -0.4 is 11.1 Å². The van der Waals surface area contributed by atoms with Crippen molar-refractivity contribution in [3.63, 3.8) is 0 Å². The van der Waals surface area contributed by atoms with Gasteiger partial charge in [-0.1, -0.05) is 28.4 Å². The molecule has 0 atom stereocenters. The van der Waals surface area contributed by atoms with Gasteiger partial charge in [-0.2, -0.15) is 4.98 Å². The highest BCUT2D eigenvalue weighted by Gasteiger charge is 2.16. The molecule has 0 bridgehead atoms. The summed E-state index contributed by atoms with van der Waals surface area (Å²) in [6, 6.07) is 3.06. The first kappa shape index (κ1) is 12.7. The first-order valence-electron chi connectivity index (χ1n) is 4.83. The van der Waals surface area contributed by atoms with Crippen LogP contribution in [-0.4, -0.2) is 23.1 Å². The Bertz CT molecular complexity index is 589. The number of carbonyl (C=O) groups is 1. The van der Waals surface area contributed by atoms with E-state index in [0.29, 0.717) is 5.56 Å². The Morgan fingerprint density at radius 3 is 2.56 bits per heavy atom. The molecule has 0 radical (unpaired) electrons. The van der Waals surface area contributed by atoms with Crippen molar-refractivity contribution in [1.29, 1.82) is 0 Å². The molecule has 18 heavy (non-hydrogen) atoms. The third-order valence-corrected chi connectivity index (χ3v) is 2.81. The van der Waals surface area contributed by atoms with Crippen molar-refractivity contribution in [2.75, 3.05) is 12.8 Å². The van der Waals surface area contributed by atoms with Gasteiger partial charge in [-0.25, -0.2) is 0 Å². The van der Waals surface area contributed by atoms with Crippen LogP contribution in [0.3, 0.4) is 0 Å². The third kappa shape index (κ3) is 2.25. The van der Waals surface area contributed by atoms with E-state index in [0.717, 1.165) is 0 Å². The molecule has 2 aromatic rings. The summed E-state index contributed by atoms with van der Waals surface area (Å²) in [7, 11) is 1.47. The smallest absolute Gasteiger partial charge is 0.292 e. The second-order valence-electron chi connectivity index (χ2n) is 3.36. The number of anilines is 1. The minimum atomic E-state index is -0.447. The van der Waals surface area contributed by atoms with Crippen molar-refractivity contribution in [1.82, 2.24) is 15.5 Å². The number of nitrogens with zero attached hydrogens (tertiary/aromatic N) is 2. The third-order valence-electron chi connectivity index (χ3n) is 2.18. The molecule has 0 saturated carbocycles. The maximum absolute atomic E-state index is 11.3. The number of hydrogen-bond donors (Lipinski definition) is 2. The molecule has 0 saturated heterocycles. The van der Waals surface area contributed by atoms with Gasteiger partial charge in [0.2, 0.25) is 0 Å². The number of benzene rings is 1. The van der Waals surface area contributed by atoms with Gasteiger partial charge in [0, 0.05) is 12.6 Å². The highest BCUT2D eigenvalue weighted by molar-refractivity contribution is 6.39. The van der Waals surface area contributed by atoms with E-state index in [-0.39, 0.29) is 27.4 Å². The van der Waals surface area contributed by atoms with Crippen LogP contribution in [0.1, 0.15) is 10.6 Å². The summed E-state index contributed by atoms with van der Waals surface area (Å²) in [6.45, 7) is 0. The fraction of sp³-hybridized carbons (Fsp3) is 0.100. The van der Waals surface area contributed by atoms with Crippen LogP contribution in [-0.2, 0) is 0 Å². The summed E-state index contributed by atoms with van der Waals surface area (Å²) in [6.07, 6.45) is 0. The van der Waals surface area contributed by atoms with Crippen LogP contribution in [0.2, 0.25) is 10.0 Å². The molecule has 6 nitrogen and oxygen atoms in total. The van der Waals surface area contributed by atoms with Crippen LogP contribution in [0.4, 0.5) is 5.69 Å². The monoisotopic (exact) mass is 286 g/mol. The average molecular weight is 287 g/mol. The van der Waals surface area contributed by atoms with Crippen molar-refractivity contribution in [3.8, 4) is 11.5 Å². The Kier molecular flexibility index (Phi) is 3.40. The van der Waals surface area contributed by atoms with Crippen LogP contribution >= 0.6 is 23.2 Å². The van der Waals surface area contributed by atoms with Crippen LogP contribution in [0.25, 0.3) is 11.5 Å². The summed E-state index contributed by atoms with van der Waals surface area (Å²) in [5.74, 6) is -0.383. The Balaban J connectivity index is 2.43. The fourth-order valence-electron chi connectivity index (χ4n) is 1.25. The summed E-state index contributed by atoms with van der Waals surface area (Å²) in [5, 5.41) is 6.46. The number of aromatic nitrogens is 2. The molecule has 1 aromatic carbocycles. The lowest BCUT2D eigenvalue weighted by atomic mass is 10.2. The summed E-state index contributed by atoms with van der Waals surface area (Å²) < 4.78 is 4.94. The van der Waals surface area contributed by atoms with Crippen molar-refractivity contribution >= 4 is 34.8 Å². The molecule has 0 unspecified atom stereocenters. The number of carbonyl (C=O) groups excluding carboxylic acids is 1. The molecule has 2 rings (SSSR count). The van der Waals surface area contributed by atoms with Gasteiger partial charge >= 0.3 is 0 Å². The largest absolute Gasteiger partial charge is 0.396 e. The van der Waals surface area contributed by atoms with Crippen LogP contribution in [0, 0.1) is 0 Å². The van der Waals surface area contributed by atoms with E-state index >= 15 is 0 Å². The zero-order valence-corrected chi connectivity index (χ0v) is 10.7. The minimum Gasteiger partial charge on any atom is -0.396 e. The van der Waals surface area contributed by atoms with E-state index < -0.39 is 5.91 Å². The predicted octanol–water partition coefficient (Wildman–Crippen LogP) is 1.99. The number of hydrogen-bond acceptors (Lipinski definition) is 5. The molecule has 3 N–H and O–H groups in total. The van der Waals surface area contributed by atoms with Gasteiger partial charge in [0.05, 0.1) is 15.7 Å². The lowest BCUT2D eigenvalue weighted by Gasteiger charge is -2.02. The van der Waals surface area contributed by atoms with E-state index in [1.54, 1.807) is 0 Å². The van der Waals surface area contributed by atoms with Gasteiger partial charge in [-0.3, -0.25) is 4.79 Å². The molecule has 1 aromatic heterocycles. The normalized spacial score (nSPS) is 10.4. The molecule has 0 aliphatic heterocycles. The molecule has 0 fully saturated rings. The lowest BCUT2D eigenvalue weighted by Crippen LogP contribution is -2.19. The van der Waals surface area contributed by atoms with Crippen molar-refractivity contribution in [2.45, 2.75) is 0 Å². The second-order valence-corrected chi connectivity index (χ2v) is 4.17. The molecule has 8 heteroatoms. The predicted molar refractivity (Wildman–Crippen MR) is 67.6 cm³/mol. The molecule has 0 aliphatic rings. The van der Waals surface area contributed by atoms with Gasteiger partial charge in [0.15, 0.2) is 0 Å². The standard InChI is InChI=1S/C10H8Cl2N4O2/c1-14-9(17)8-15-10(18-16-8)4-2-5(11)7(13)6(12)3-4/h2-3H,13H2,1H3,(H,14,17). The van der Waals surface area contributed by atoms with Crippen molar-refractivity contribution in [2.24, 2.45) is 0 Å². The maximum atomic E-state index is 11.3. The zero-order valence-electron chi connectivity index (χ0n) is 9.20.